The Kier molecular flexibility index (Phi) is 4.58. The Morgan fingerprint density at radius 1 is 1.04 bits per heavy atom. The molecule has 0 spiro atoms. The van der Waals surface area contributed by atoms with Crippen molar-refractivity contribution in [2.75, 3.05) is 11.6 Å². The lowest BCUT2D eigenvalue weighted by Crippen LogP contribution is -2.21. The van der Waals surface area contributed by atoms with Gasteiger partial charge in [0.25, 0.3) is 0 Å². The van der Waals surface area contributed by atoms with E-state index in [-0.39, 0.29) is 0 Å². The lowest BCUT2D eigenvalue weighted by Gasteiger charge is -2.21. The molecule has 0 amide bonds. The number of rotatable bonds is 4. The molecule has 1 aliphatic carbocycles. The molecule has 1 aromatic carbocycles. The number of aryl methyl sites for hydroxylation is 1. The number of allylic oxidation sites excluding steroid dienone is 3. The smallest absolute Gasteiger partial charge is 0.0705 e. The third kappa shape index (κ3) is 3.88. The first kappa shape index (κ1) is 15.5. The number of nitrogens with zero attached hydrogens (tertiary/aromatic N) is 2. The molecule has 23 heavy (non-hydrogen) atoms. The van der Waals surface area contributed by atoms with Crippen molar-refractivity contribution in [1.29, 1.82) is 0 Å². The Morgan fingerprint density at radius 3 is 2.52 bits per heavy atom. The van der Waals surface area contributed by atoms with Crippen LogP contribution in [0.3, 0.4) is 0 Å². The van der Waals surface area contributed by atoms with Gasteiger partial charge in [-0.15, -0.1) is 0 Å². The van der Waals surface area contributed by atoms with E-state index in [1.807, 2.05) is 49.4 Å². The summed E-state index contributed by atoms with van der Waals surface area (Å²) in [6.07, 6.45) is 6.34. The summed E-state index contributed by atoms with van der Waals surface area (Å²) in [6, 6.07) is 13.9. The Hall–Kier alpha value is -2.39. The average molecular weight is 306 g/mol. The van der Waals surface area contributed by atoms with Crippen molar-refractivity contribution in [2.45, 2.75) is 26.7 Å². The van der Waals surface area contributed by atoms with Crippen molar-refractivity contribution in [3.63, 3.8) is 0 Å². The van der Waals surface area contributed by atoms with Crippen molar-refractivity contribution >= 4 is 5.69 Å². The topological polar surface area (TPSA) is 36.4 Å². The third-order valence-electron chi connectivity index (χ3n) is 4.08. The fourth-order valence-corrected chi connectivity index (χ4v) is 2.84. The van der Waals surface area contributed by atoms with E-state index >= 15 is 0 Å². The molecule has 0 radical (unpaired) electrons. The van der Waals surface area contributed by atoms with E-state index in [4.69, 9.17) is 0 Å². The van der Waals surface area contributed by atoms with E-state index in [1.54, 1.807) is 0 Å². The van der Waals surface area contributed by atoms with Gasteiger partial charge in [0.2, 0.25) is 0 Å². The average Bonchev–Trinajstić information content (AvgIpc) is 2.55. The maximum absolute atomic E-state index is 10.3. The maximum Gasteiger partial charge on any atom is 0.0705 e. The number of hydroxylamine groups is 1. The molecule has 1 heterocycles. The van der Waals surface area contributed by atoms with E-state index in [0.717, 1.165) is 35.5 Å². The van der Waals surface area contributed by atoms with Crippen LogP contribution in [0.2, 0.25) is 0 Å². The van der Waals surface area contributed by atoms with Gasteiger partial charge in [-0.05, 0) is 56.5 Å². The zero-order chi connectivity index (χ0) is 16.2. The molecule has 118 valence electrons. The first-order valence-electron chi connectivity index (χ1n) is 7.96. The van der Waals surface area contributed by atoms with Gasteiger partial charge in [0.15, 0.2) is 0 Å². The summed E-state index contributed by atoms with van der Waals surface area (Å²) in [4.78, 5) is 4.53. The molecule has 1 N–H and O–H groups in total. The van der Waals surface area contributed by atoms with E-state index in [0.29, 0.717) is 6.54 Å². The zero-order valence-electron chi connectivity index (χ0n) is 13.7. The highest BCUT2D eigenvalue weighted by Crippen LogP contribution is 2.24. The van der Waals surface area contributed by atoms with E-state index in [9.17, 15) is 5.21 Å². The normalized spacial score (nSPS) is 14.2. The Labute approximate surface area is 137 Å². The first-order chi connectivity index (χ1) is 11.1. The lowest BCUT2D eigenvalue weighted by atomic mass is 9.99. The van der Waals surface area contributed by atoms with Crippen LogP contribution in [-0.4, -0.2) is 16.7 Å². The first-order valence-corrected chi connectivity index (χ1v) is 7.96. The highest BCUT2D eigenvalue weighted by molar-refractivity contribution is 5.63. The zero-order valence-corrected chi connectivity index (χ0v) is 13.7. The van der Waals surface area contributed by atoms with Crippen LogP contribution >= 0.6 is 0 Å². The molecule has 2 aromatic rings. The van der Waals surface area contributed by atoms with Crippen LogP contribution < -0.4 is 5.06 Å². The third-order valence-corrected chi connectivity index (χ3v) is 4.08. The van der Waals surface area contributed by atoms with Crippen LogP contribution in [0.15, 0.2) is 65.8 Å². The van der Waals surface area contributed by atoms with E-state index in [2.05, 4.69) is 24.1 Å². The standard InChI is InChI=1S/C20H22N2O/c1-15-5-3-7-17(13-15)14-22(23)19-11-9-18(10-12-19)20-8-4-6-16(2)21-20/h4-12,23H,3,13-14H2,1-2H3. The molecule has 1 aromatic heterocycles. The second-order valence-corrected chi connectivity index (χ2v) is 6.09. The van der Waals surface area contributed by atoms with E-state index in [1.165, 1.54) is 16.2 Å². The predicted molar refractivity (Wildman–Crippen MR) is 94.6 cm³/mol. The summed E-state index contributed by atoms with van der Waals surface area (Å²) in [7, 11) is 0. The molecule has 0 bridgehead atoms. The lowest BCUT2D eigenvalue weighted by molar-refractivity contribution is 0.263. The molecule has 0 aliphatic heterocycles. The van der Waals surface area contributed by atoms with E-state index < -0.39 is 0 Å². The second-order valence-electron chi connectivity index (χ2n) is 6.09. The number of pyridine rings is 1. The largest absolute Gasteiger partial charge is 0.288 e. The van der Waals surface area contributed by atoms with Crippen molar-refractivity contribution in [3.8, 4) is 11.3 Å². The number of hydrogen-bond acceptors (Lipinski definition) is 3. The molecule has 0 atom stereocenters. The van der Waals surface area contributed by atoms with Gasteiger partial charge in [0.05, 0.1) is 17.9 Å². The van der Waals surface area contributed by atoms with Gasteiger partial charge < -0.3 is 0 Å². The highest BCUT2D eigenvalue weighted by Gasteiger charge is 2.10. The van der Waals surface area contributed by atoms with Crippen LogP contribution in [0.1, 0.15) is 25.5 Å². The number of hydrogen-bond donors (Lipinski definition) is 1. The van der Waals surface area contributed by atoms with Crippen LogP contribution in [0.25, 0.3) is 11.3 Å². The van der Waals surface area contributed by atoms with Gasteiger partial charge in [-0.3, -0.25) is 15.3 Å². The van der Waals surface area contributed by atoms with Crippen molar-refractivity contribution < 1.29 is 5.21 Å². The molecule has 3 rings (SSSR count). The summed E-state index contributed by atoms with van der Waals surface area (Å²) in [5.74, 6) is 0. The molecule has 1 aliphatic rings. The van der Waals surface area contributed by atoms with Crippen LogP contribution in [0.5, 0.6) is 0 Å². The second kappa shape index (κ2) is 6.80. The van der Waals surface area contributed by atoms with Crippen molar-refractivity contribution in [1.82, 2.24) is 4.98 Å². The summed E-state index contributed by atoms with van der Waals surface area (Å²) in [5, 5.41) is 11.6. The minimum absolute atomic E-state index is 0.549. The predicted octanol–water partition coefficient (Wildman–Crippen LogP) is 4.92. The fraction of sp³-hybridized carbons (Fsp3) is 0.250. The molecule has 3 heteroatoms. The van der Waals surface area contributed by atoms with Gasteiger partial charge in [-0.25, -0.2) is 0 Å². The molecule has 0 saturated heterocycles. The minimum atomic E-state index is 0.549. The molecular weight excluding hydrogens is 284 g/mol. The van der Waals surface area contributed by atoms with Gasteiger partial charge in [0, 0.05) is 11.3 Å². The fourth-order valence-electron chi connectivity index (χ4n) is 2.84. The Bertz CT molecular complexity index is 744. The van der Waals surface area contributed by atoms with Gasteiger partial charge in [-0.2, -0.15) is 0 Å². The summed E-state index contributed by atoms with van der Waals surface area (Å²) < 4.78 is 0. The SMILES string of the molecule is CC1=CCC=C(CN(O)c2ccc(-c3cccc(C)n3)cc2)C1. The molecule has 0 saturated carbocycles. The van der Waals surface area contributed by atoms with Crippen molar-refractivity contribution in [3.05, 3.63) is 71.5 Å². The maximum atomic E-state index is 10.3. The minimum Gasteiger partial charge on any atom is -0.288 e. The van der Waals surface area contributed by atoms with Crippen molar-refractivity contribution in [2.24, 2.45) is 0 Å². The Morgan fingerprint density at radius 2 is 1.83 bits per heavy atom. The summed E-state index contributed by atoms with van der Waals surface area (Å²) in [6.45, 7) is 4.67. The molecule has 3 nitrogen and oxygen atoms in total. The van der Waals surface area contributed by atoms with Crippen LogP contribution in [-0.2, 0) is 0 Å². The number of anilines is 1. The van der Waals surface area contributed by atoms with Gasteiger partial charge in [-0.1, -0.05) is 35.9 Å². The van der Waals surface area contributed by atoms with Crippen LogP contribution in [0, 0.1) is 6.92 Å². The monoisotopic (exact) mass is 306 g/mol. The summed E-state index contributed by atoms with van der Waals surface area (Å²) >= 11 is 0. The molecule has 0 fully saturated rings. The summed E-state index contributed by atoms with van der Waals surface area (Å²) in [5.41, 5.74) is 6.45. The van der Waals surface area contributed by atoms with Gasteiger partial charge in [0.1, 0.15) is 0 Å². The number of aromatic nitrogens is 1. The quantitative estimate of drug-likeness (QED) is 0.643. The molecular formula is C20H22N2O. The Balaban J connectivity index is 1.70. The van der Waals surface area contributed by atoms with Crippen LogP contribution in [0.4, 0.5) is 5.69 Å². The number of benzene rings is 1. The van der Waals surface area contributed by atoms with Gasteiger partial charge >= 0.3 is 0 Å². The highest BCUT2D eigenvalue weighted by atomic mass is 16.5. The molecule has 0 unspecified atom stereocenters.